The highest BCUT2D eigenvalue weighted by atomic mass is 16.5. The van der Waals surface area contributed by atoms with Crippen LogP contribution in [0.15, 0.2) is 18.2 Å². The molecular weight excluding hydrogens is 270 g/mol. The van der Waals surface area contributed by atoms with Gasteiger partial charge < -0.3 is 14.4 Å². The first-order valence-corrected chi connectivity index (χ1v) is 6.90. The molecule has 1 aromatic heterocycles. The van der Waals surface area contributed by atoms with Crippen molar-refractivity contribution >= 4 is 5.97 Å². The number of carbonyl (C=O) groups is 1. The lowest BCUT2D eigenvalue weighted by atomic mass is 9.99. The Bertz CT molecular complexity index is 693. The Labute approximate surface area is 122 Å². The highest BCUT2D eigenvalue weighted by Gasteiger charge is 2.27. The van der Waals surface area contributed by atoms with Gasteiger partial charge in [0, 0.05) is 18.5 Å². The van der Waals surface area contributed by atoms with Crippen molar-refractivity contribution in [3.8, 4) is 17.1 Å². The van der Waals surface area contributed by atoms with Crippen LogP contribution in [0.4, 0.5) is 0 Å². The van der Waals surface area contributed by atoms with Crippen molar-refractivity contribution in [1.82, 2.24) is 14.8 Å². The molecule has 0 bridgehead atoms. The maximum absolute atomic E-state index is 11.2. The Morgan fingerprint density at radius 1 is 1.43 bits per heavy atom. The number of aryl methyl sites for hydroxylation is 2. The number of hydrogen-bond donors (Lipinski definition) is 1. The van der Waals surface area contributed by atoms with Gasteiger partial charge in [-0.3, -0.25) is 4.79 Å². The van der Waals surface area contributed by atoms with E-state index in [9.17, 15) is 9.90 Å². The number of aromatic nitrogens is 3. The standard InChI is InChI=1S/C15H17N3O3/c1-9-3-4-10(7-12(9)21-2)14-17-16-13-6-5-11(15(19)20)8-18(13)14/h3-4,7,11H,5-6,8H2,1-2H3,(H,19,20). The highest BCUT2D eigenvalue weighted by Crippen LogP contribution is 2.29. The zero-order valence-electron chi connectivity index (χ0n) is 12.0. The quantitative estimate of drug-likeness (QED) is 0.933. The second-order valence-electron chi connectivity index (χ2n) is 5.31. The number of methoxy groups -OCH3 is 1. The number of rotatable bonds is 3. The second kappa shape index (κ2) is 5.20. The number of hydrogen-bond acceptors (Lipinski definition) is 4. The largest absolute Gasteiger partial charge is 0.496 e. The van der Waals surface area contributed by atoms with Crippen LogP contribution >= 0.6 is 0 Å². The molecule has 0 amide bonds. The number of aliphatic carboxylic acids is 1. The maximum atomic E-state index is 11.2. The minimum atomic E-state index is -0.762. The van der Waals surface area contributed by atoms with E-state index in [1.54, 1.807) is 7.11 Å². The predicted octanol–water partition coefficient (Wildman–Crippen LogP) is 1.91. The summed E-state index contributed by atoms with van der Waals surface area (Å²) in [4.78, 5) is 11.2. The van der Waals surface area contributed by atoms with Gasteiger partial charge in [-0.1, -0.05) is 12.1 Å². The predicted molar refractivity (Wildman–Crippen MR) is 76.2 cm³/mol. The van der Waals surface area contributed by atoms with E-state index in [0.717, 1.165) is 22.7 Å². The van der Waals surface area contributed by atoms with Gasteiger partial charge in [-0.15, -0.1) is 10.2 Å². The zero-order chi connectivity index (χ0) is 15.0. The summed E-state index contributed by atoms with van der Waals surface area (Å²) in [7, 11) is 1.63. The highest BCUT2D eigenvalue weighted by molar-refractivity contribution is 5.70. The van der Waals surface area contributed by atoms with Crippen LogP contribution in [0, 0.1) is 12.8 Å². The summed E-state index contributed by atoms with van der Waals surface area (Å²) in [5.74, 6) is 1.20. The third kappa shape index (κ3) is 2.37. The number of carboxylic acid groups (broad SMARTS) is 1. The van der Waals surface area contributed by atoms with Crippen LogP contribution in [-0.4, -0.2) is 33.0 Å². The summed E-state index contributed by atoms with van der Waals surface area (Å²) < 4.78 is 7.24. The first-order valence-electron chi connectivity index (χ1n) is 6.90. The van der Waals surface area contributed by atoms with E-state index in [2.05, 4.69) is 10.2 Å². The molecule has 1 N–H and O–H groups in total. The summed E-state index contributed by atoms with van der Waals surface area (Å²) in [6.07, 6.45) is 1.26. The van der Waals surface area contributed by atoms with Gasteiger partial charge in [0.05, 0.1) is 13.0 Å². The Morgan fingerprint density at radius 2 is 2.24 bits per heavy atom. The van der Waals surface area contributed by atoms with Crippen molar-refractivity contribution in [2.24, 2.45) is 5.92 Å². The van der Waals surface area contributed by atoms with E-state index in [1.165, 1.54) is 0 Å². The fourth-order valence-electron chi connectivity index (χ4n) is 2.70. The summed E-state index contributed by atoms with van der Waals surface area (Å²) in [6.45, 7) is 2.39. The topological polar surface area (TPSA) is 77.2 Å². The summed E-state index contributed by atoms with van der Waals surface area (Å²) in [5, 5.41) is 17.6. The monoisotopic (exact) mass is 287 g/mol. The number of fused-ring (bicyclic) bond motifs is 1. The molecule has 1 unspecified atom stereocenters. The van der Waals surface area contributed by atoms with Gasteiger partial charge in [0.25, 0.3) is 0 Å². The molecule has 2 heterocycles. The molecule has 0 aliphatic carbocycles. The van der Waals surface area contributed by atoms with Crippen molar-refractivity contribution in [2.75, 3.05) is 7.11 Å². The maximum Gasteiger partial charge on any atom is 0.308 e. The van der Waals surface area contributed by atoms with Gasteiger partial charge in [0.2, 0.25) is 0 Å². The van der Waals surface area contributed by atoms with Gasteiger partial charge in [0.1, 0.15) is 11.6 Å². The minimum Gasteiger partial charge on any atom is -0.496 e. The molecule has 21 heavy (non-hydrogen) atoms. The Kier molecular flexibility index (Phi) is 3.37. The van der Waals surface area contributed by atoms with E-state index in [4.69, 9.17) is 4.74 Å². The molecule has 0 saturated heterocycles. The van der Waals surface area contributed by atoms with Crippen LogP contribution in [0.25, 0.3) is 11.4 Å². The third-order valence-corrected chi connectivity index (χ3v) is 3.96. The van der Waals surface area contributed by atoms with Gasteiger partial charge >= 0.3 is 5.97 Å². The van der Waals surface area contributed by atoms with Gasteiger partial charge in [0.15, 0.2) is 5.82 Å². The number of nitrogens with zero attached hydrogens (tertiary/aromatic N) is 3. The van der Waals surface area contributed by atoms with Crippen molar-refractivity contribution in [3.05, 3.63) is 29.6 Å². The lowest BCUT2D eigenvalue weighted by Crippen LogP contribution is -2.27. The fourth-order valence-corrected chi connectivity index (χ4v) is 2.70. The summed E-state index contributed by atoms with van der Waals surface area (Å²) >= 11 is 0. The molecule has 0 spiro atoms. The van der Waals surface area contributed by atoms with E-state index >= 15 is 0 Å². The van der Waals surface area contributed by atoms with E-state index < -0.39 is 5.97 Å². The van der Waals surface area contributed by atoms with Crippen molar-refractivity contribution < 1.29 is 14.6 Å². The van der Waals surface area contributed by atoms with Gasteiger partial charge in [-0.2, -0.15) is 0 Å². The smallest absolute Gasteiger partial charge is 0.308 e. The molecular formula is C15H17N3O3. The Morgan fingerprint density at radius 3 is 2.95 bits per heavy atom. The second-order valence-corrected chi connectivity index (χ2v) is 5.31. The van der Waals surface area contributed by atoms with Crippen LogP contribution in [0.3, 0.4) is 0 Å². The van der Waals surface area contributed by atoms with Crippen LogP contribution in [-0.2, 0) is 17.8 Å². The third-order valence-electron chi connectivity index (χ3n) is 3.96. The fraction of sp³-hybridized carbons (Fsp3) is 0.400. The van der Waals surface area contributed by atoms with Gasteiger partial charge in [-0.05, 0) is 25.0 Å². The van der Waals surface area contributed by atoms with E-state index in [-0.39, 0.29) is 5.92 Å². The molecule has 1 aliphatic heterocycles. The van der Waals surface area contributed by atoms with Crippen molar-refractivity contribution in [1.29, 1.82) is 0 Å². The molecule has 1 aliphatic rings. The minimum absolute atomic E-state index is 0.375. The van der Waals surface area contributed by atoms with Crippen LogP contribution in [0.2, 0.25) is 0 Å². The molecule has 110 valence electrons. The van der Waals surface area contributed by atoms with Crippen molar-refractivity contribution in [2.45, 2.75) is 26.3 Å². The molecule has 0 fully saturated rings. The lowest BCUT2D eigenvalue weighted by Gasteiger charge is -2.21. The number of ether oxygens (including phenoxy) is 1. The average molecular weight is 287 g/mol. The molecule has 1 aromatic carbocycles. The first-order chi connectivity index (χ1) is 10.1. The molecule has 3 rings (SSSR count). The average Bonchev–Trinajstić information content (AvgIpc) is 2.90. The lowest BCUT2D eigenvalue weighted by molar-refractivity contribution is -0.142. The number of carboxylic acids is 1. The molecule has 0 radical (unpaired) electrons. The van der Waals surface area contributed by atoms with Crippen molar-refractivity contribution in [3.63, 3.8) is 0 Å². The number of benzene rings is 1. The first kappa shape index (κ1) is 13.6. The zero-order valence-corrected chi connectivity index (χ0v) is 12.0. The normalized spacial score (nSPS) is 17.3. The van der Waals surface area contributed by atoms with E-state index in [1.807, 2.05) is 29.7 Å². The molecule has 6 heteroatoms. The van der Waals surface area contributed by atoms with Gasteiger partial charge in [-0.25, -0.2) is 0 Å². The van der Waals surface area contributed by atoms with Crippen LogP contribution in [0.5, 0.6) is 5.75 Å². The molecule has 1 atom stereocenters. The van der Waals surface area contributed by atoms with Crippen LogP contribution in [0.1, 0.15) is 17.8 Å². The molecule has 2 aromatic rings. The molecule has 0 saturated carbocycles. The molecule has 6 nitrogen and oxygen atoms in total. The Balaban J connectivity index is 2.01. The van der Waals surface area contributed by atoms with E-state index in [0.29, 0.717) is 25.2 Å². The Hall–Kier alpha value is -2.37. The SMILES string of the molecule is COc1cc(-c2nnc3n2CC(C(=O)O)CC3)ccc1C. The summed E-state index contributed by atoms with van der Waals surface area (Å²) in [6, 6.07) is 5.84. The summed E-state index contributed by atoms with van der Waals surface area (Å²) in [5.41, 5.74) is 1.94. The van der Waals surface area contributed by atoms with Crippen LogP contribution < -0.4 is 4.74 Å².